The first-order chi connectivity index (χ1) is 14.1. The van der Waals surface area contributed by atoms with Crippen LogP contribution >= 0.6 is 12.2 Å². The molecule has 7 heteroatoms. The molecule has 0 saturated carbocycles. The average Bonchev–Trinajstić information content (AvgIpc) is 2.70. The van der Waals surface area contributed by atoms with E-state index in [0.29, 0.717) is 25.1 Å². The maximum atomic E-state index is 12.6. The van der Waals surface area contributed by atoms with Crippen molar-refractivity contribution in [3.63, 3.8) is 0 Å². The normalized spacial score (nSPS) is 12.1. The number of nitrogens with two attached hydrogens (primary N) is 1. The number of esters is 1. The highest BCUT2D eigenvalue weighted by molar-refractivity contribution is 7.80. The van der Waals surface area contributed by atoms with Gasteiger partial charge in [-0.2, -0.15) is 0 Å². The highest BCUT2D eigenvalue weighted by atomic mass is 32.1. The summed E-state index contributed by atoms with van der Waals surface area (Å²) < 4.78 is 11.0. The second-order valence-corrected chi connectivity index (χ2v) is 8.52. The quantitative estimate of drug-likeness (QED) is 0.372. The van der Waals surface area contributed by atoms with E-state index in [-0.39, 0.29) is 16.8 Å². The van der Waals surface area contributed by atoms with Gasteiger partial charge in [0.1, 0.15) is 0 Å². The molecule has 0 aliphatic heterocycles. The lowest BCUT2D eigenvalue weighted by atomic mass is 9.97. The van der Waals surface area contributed by atoms with Gasteiger partial charge >= 0.3 is 5.97 Å². The third-order valence-electron chi connectivity index (χ3n) is 4.61. The summed E-state index contributed by atoms with van der Waals surface area (Å²) >= 11 is 5.29. The van der Waals surface area contributed by atoms with Gasteiger partial charge in [0.2, 0.25) is 0 Å². The molecule has 0 fully saturated rings. The van der Waals surface area contributed by atoms with Crippen LogP contribution in [0.25, 0.3) is 0 Å². The van der Waals surface area contributed by atoms with Gasteiger partial charge in [-0.3, -0.25) is 4.79 Å². The Balaban J connectivity index is 2.27. The summed E-state index contributed by atoms with van der Waals surface area (Å²) in [4.78, 5) is 14.3. The largest absolute Gasteiger partial charge is 0.504 e. The molecule has 30 heavy (non-hydrogen) atoms. The predicted molar refractivity (Wildman–Crippen MR) is 121 cm³/mol. The van der Waals surface area contributed by atoms with E-state index >= 15 is 0 Å². The van der Waals surface area contributed by atoms with E-state index in [1.54, 1.807) is 43.9 Å². The van der Waals surface area contributed by atoms with Crippen LogP contribution in [0.4, 0.5) is 0 Å². The molecule has 0 bridgehead atoms. The molecule has 3 N–H and O–H groups in total. The van der Waals surface area contributed by atoms with Crippen molar-refractivity contribution in [2.75, 3.05) is 7.11 Å². The smallest absolute Gasteiger partial charge is 0.313 e. The van der Waals surface area contributed by atoms with Crippen LogP contribution in [0.5, 0.6) is 11.5 Å². The Kier molecular flexibility index (Phi) is 8.06. The molecule has 0 aromatic heterocycles. The number of rotatable bonds is 8. The molecule has 0 amide bonds. The van der Waals surface area contributed by atoms with Crippen molar-refractivity contribution < 1.29 is 19.4 Å². The molecule has 2 rings (SSSR count). The van der Waals surface area contributed by atoms with Gasteiger partial charge in [0.25, 0.3) is 0 Å². The number of methoxy groups -OCH3 is 1. The number of phenolic OH excluding ortho intramolecular Hbond substituents is 1. The lowest BCUT2D eigenvalue weighted by Crippen LogP contribution is -2.46. The summed E-state index contributed by atoms with van der Waals surface area (Å²) in [5.41, 5.74) is 7.31. The molecule has 0 aliphatic rings. The first-order valence-corrected chi connectivity index (χ1v) is 10.2. The van der Waals surface area contributed by atoms with Crippen LogP contribution in [-0.2, 0) is 22.5 Å². The summed E-state index contributed by atoms with van der Waals surface area (Å²) in [7, 11) is 1.48. The Labute approximate surface area is 183 Å². The van der Waals surface area contributed by atoms with Gasteiger partial charge in [0, 0.05) is 13.0 Å². The number of phenols is 1. The van der Waals surface area contributed by atoms with Crippen molar-refractivity contribution in [3.05, 3.63) is 59.7 Å². The van der Waals surface area contributed by atoms with E-state index in [4.69, 9.17) is 27.4 Å². The van der Waals surface area contributed by atoms with Crippen molar-refractivity contribution in [2.24, 2.45) is 11.1 Å². The fourth-order valence-corrected chi connectivity index (χ4v) is 3.03. The number of nitrogens with zero attached hydrogens (tertiary/aromatic N) is 1. The molecule has 0 heterocycles. The number of hydrogen-bond donors (Lipinski definition) is 2. The maximum absolute atomic E-state index is 12.6. The van der Waals surface area contributed by atoms with E-state index in [2.05, 4.69) is 0 Å². The number of carbonyl (C=O) groups is 1. The standard InChI is InChI=1S/C23H30N2O4S/c1-23(2,3)21(27)29-20(13-11-16-8-6-5-7-9-16)25(22(24)30)15-17-10-12-18(26)19(14-17)28-4/h5-10,12,14,20,26H,11,13,15H2,1-4H3,(H2,24,30). The second kappa shape index (κ2) is 10.3. The number of aromatic hydroxyl groups is 1. The minimum atomic E-state index is -0.658. The molecule has 2 aromatic rings. The lowest BCUT2D eigenvalue weighted by Gasteiger charge is -2.33. The van der Waals surface area contributed by atoms with E-state index in [1.807, 2.05) is 30.3 Å². The van der Waals surface area contributed by atoms with E-state index in [9.17, 15) is 9.90 Å². The van der Waals surface area contributed by atoms with Crippen LogP contribution in [0.1, 0.15) is 38.3 Å². The molecule has 1 atom stereocenters. The molecule has 0 saturated heterocycles. The Morgan fingerprint density at radius 2 is 1.83 bits per heavy atom. The molecule has 162 valence electrons. The van der Waals surface area contributed by atoms with Crippen molar-refractivity contribution in [1.29, 1.82) is 0 Å². The third-order valence-corrected chi connectivity index (χ3v) is 4.84. The fourth-order valence-electron chi connectivity index (χ4n) is 2.85. The Hall–Kier alpha value is -2.80. The molecule has 2 aromatic carbocycles. The van der Waals surface area contributed by atoms with Gasteiger partial charge in [-0.15, -0.1) is 0 Å². The molecule has 1 unspecified atom stereocenters. The van der Waals surface area contributed by atoms with E-state index < -0.39 is 11.6 Å². The predicted octanol–water partition coefficient (Wildman–Crippen LogP) is 3.99. The molecule has 0 spiro atoms. The van der Waals surface area contributed by atoms with Crippen LogP contribution in [0.15, 0.2) is 48.5 Å². The van der Waals surface area contributed by atoms with Gasteiger partial charge in [0.15, 0.2) is 22.8 Å². The van der Waals surface area contributed by atoms with Crippen molar-refractivity contribution in [1.82, 2.24) is 4.90 Å². The van der Waals surface area contributed by atoms with Crippen LogP contribution in [-0.4, -0.2) is 34.4 Å². The van der Waals surface area contributed by atoms with Crippen molar-refractivity contribution in [3.8, 4) is 11.5 Å². The minimum absolute atomic E-state index is 0.0444. The number of carbonyl (C=O) groups excluding carboxylic acids is 1. The highest BCUT2D eigenvalue weighted by Crippen LogP contribution is 2.28. The van der Waals surface area contributed by atoms with E-state index in [0.717, 1.165) is 11.1 Å². The lowest BCUT2D eigenvalue weighted by molar-refractivity contribution is -0.166. The number of hydrogen-bond acceptors (Lipinski definition) is 5. The molecular formula is C23H30N2O4S. The van der Waals surface area contributed by atoms with Gasteiger partial charge in [-0.1, -0.05) is 36.4 Å². The SMILES string of the molecule is COc1cc(CN(C(N)=S)C(CCc2ccccc2)OC(=O)C(C)(C)C)ccc1O. The third kappa shape index (κ3) is 6.62. The van der Waals surface area contributed by atoms with Crippen LogP contribution in [0, 0.1) is 5.41 Å². The van der Waals surface area contributed by atoms with Gasteiger partial charge in [0.05, 0.1) is 12.5 Å². The molecule has 0 radical (unpaired) electrons. The summed E-state index contributed by atoms with van der Waals surface area (Å²) in [6, 6.07) is 15.0. The fraction of sp³-hybridized carbons (Fsp3) is 0.391. The number of ether oxygens (including phenoxy) is 2. The van der Waals surface area contributed by atoms with Gasteiger partial charge in [-0.05, 0) is 62.7 Å². The van der Waals surface area contributed by atoms with Crippen molar-refractivity contribution >= 4 is 23.3 Å². The zero-order valence-electron chi connectivity index (χ0n) is 17.9. The first-order valence-electron chi connectivity index (χ1n) is 9.78. The average molecular weight is 431 g/mol. The second-order valence-electron chi connectivity index (χ2n) is 8.11. The zero-order chi connectivity index (χ0) is 22.3. The number of thiocarbonyl (C=S) groups is 1. The summed E-state index contributed by atoms with van der Waals surface area (Å²) in [6.45, 7) is 5.72. The summed E-state index contributed by atoms with van der Waals surface area (Å²) in [6.07, 6.45) is 0.591. The maximum Gasteiger partial charge on any atom is 0.313 e. The number of benzene rings is 2. The van der Waals surface area contributed by atoms with Crippen LogP contribution in [0.2, 0.25) is 0 Å². The highest BCUT2D eigenvalue weighted by Gasteiger charge is 2.30. The topological polar surface area (TPSA) is 85.0 Å². The van der Waals surface area contributed by atoms with Gasteiger partial charge < -0.3 is 25.2 Å². The van der Waals surface area contributed by atoms with Crippen LogP contribution < -0.4 is 10.5 Å². The van der Waals surface area contributed by atoms with Crippen molar-refractivity contribution in [2.45, 2.75) is 46.4 Å². The molecule has 0 aliphatic carbocycles. The van der Waals surface area contributed by atoms with Crippen LogP contribution in [0.3, 0.4) is 0 Å². The Morgan fingerprint density at radius 3 is 2.40 bits per heavy atom. The van der Waals surface area contributed by atoms with Gasteiger partial charge in [-0.25, -0.2) is 0 Å². The zero-order valence-corrected chi connectivity index (χ0v) is 18.7. The Bertz CT molecular complexity index is 865. The Morgan fingerprint density at radius 1 is 1.17 bits per heavy atom. The molecular weight excluding hydrogens is 400 g/mol. The molecule has 6 nitrogen and oxygen atoms in total. The van der Waals surface area contributed by atoms with E-state index in [1.165, 1.54) is 7.11 Å². The summed E-state index contributed by atoms with van der Waals surface area (Å²) in [5, 5.41) is 9.97. The summed E-state index contributed by atoms with van der Waals surface area (Å²) in [5.74, 6) is 0.0657. The monoisotopic (exact) mass is 430 g/mol. The first kappa shape index (κ1) is 23.5. The number of aryl methyl sites for hydroxylation is 1. The minimum Gasteiger partial charge on any atom is -0.504 e.